The molecular weight excluding hydrogens is 270 g/mol. The van der Waals surface area contributed by atoms with Crippen molar-refractivity contribution >= 4 is 17.6 Å². The van der Waals surface area contributed by atoms with Gasteiger partial charge in [0.2, 0.25) is 0 Å². The maximum atomic E-state index is 6.15. The van der Waals surface area contributed by atoms with E-state index in [9.17, 15) is 0 Å². The van der Waals surface area contributed by atoms with Crippen molar-refractivity contribution in [1.29, 1.82) is 0 Å². The van der Waals surface area contributed by atoms with Gasteiger partial charge in [-0.2, -0.15) is 11.8 Å². The van der Waals surface area contributed by atoms with Gasteiger partial charge < -0.3 is 10.5 Å². The zero-order chi connectivity index (χ0) is 14.2. The zero-order valence-electron chi connectivity index (χ0n) is 12.3. The summed E-state index contributed by atoms with van der Waals surface area (Å²) in [6, 6.07) is 0. The summed E-state index contributed by atoms with van der Waals surface area (Å²) in [7, 11) is 0. The molecule has 0 aromatic carbocycles. The number of nitrogens with zero attached hydrogens (tertiary/aromatic N) is 2. The van der Waals surface area contributed by atoms with Gasteiger partial charge in [-0.1, -0.05) is 13.3 Å². The minimum Gasteiger partial charge on any atom is -0.383 e. The topological polar surface area (TPSA) is 61.0 Å². The summed E-state index contributed by atoms with van der Waals surface area (Å²) < 4.78 is 6.15. The van der Waals surface area contributed by atoms with Crippen LogP contribution in [0.15, 0.2) is 0 Å². The fraction of sp³-hybridized carbons (Fsp3) is 0.733. The molecule has 1 fully saturated rings. The second-order valence-electron chi connectivity index (χ2n) is 5.98. The molecule has 1 aliphatic carbocycles. The van der Waals surface area contributed by atoms with Crippen LogP contribution in [0.5, 0.6) is 0 Å². The lowest BCUT2D eigenvalue weighted by atomic mass is 9.78. The quantitative estimate of drug-likeness (QED) is 0.927. The highest BCUT2D eigenvalue weighted by Gasteiger charge is 2.41. The van der Waals surface area contributed by atoms with E-state index >= 15 is 0 Å². The predicted octanol–water partition coefficient (Wildman–Crippen LogP) is 3.25. The molecule has 3 rings (SSSR count). The molecule has 0 spiro atoms. The van der Waals surface area contributed by atoms with Gasteiger partial charge in [-0.15, -0.1) is 0 Å². The average Bonchev–Trinajstić information content (AvgIpc) is 2.88. The molecule has 1 aliphatic heterocycles. The first kappa shape index (κ1) is 14.1. The van der Waals surface area contributed by atoms with Gasteiger partial charge in [0.15, 0.2) is 5.82 Å². The van der Waals surface area contributed by atoms with E-state index in [-0.39, 0.29) is 5.60 Å². The second kappa shape index (κ2) is 5.53. The molecule has 0 amide bonds. The fourth-order valence-corrected chi connectivity index (χ4v) is 4.51. The first-order chi connectivity index (χ1) is 9.64. The number of rotatable bonds is 3. The van der Waals surface area contributed by atoms with Crippen molar-refractivity contribution in [2.75, 3.05) is 12.3 Å². The third kappa shape index (κ3) is 2.42. The summed E-state index contributed by atoms with van der Waals surface area (Å²) in [5.74, 6) is 4.03. The largest absolute Gasteiger partial charge is 0.383 e. The number of hydrogen-bond donors (Lipinski definition) is 1. The molecular formula is C15H23N3OS. The van der Waals surface area contributed by atoms with E-state index in [1.807, 2.05) is 18.7 Å². The Morgan fingerprint density at radius 3 is 3.00 bits per heavy atom. The van der Waals surface area contributed by atoms with Crippen LogP contribution in [0.4, 0.5) is 5.82 Å². The third-order valence-electron chi connectivity index (χ3n) is 4.39. The molecule has 2 atom stereocenters. The van der Waals surface area contributed by atoms with Crippen molar-refractivity contribution in [2.24, 2.45) is 5.92 Å². The van der Waals surface area contributed by atoms with E-state index in [1.165, 1.54) is 12.8 Å². The van der Waals surface area contributed by atoms with Crippen molar-refractivity contribution in [1.82, 2.24) is 9.97 Å². The molecule has 4 nitrogen and oxygen atoms in total. The van der Waals surface area contributed by atoms with Crippen LogP contribution < -0.4 is 5.73 Å². The second-order valence-corrected chi connectivity index (χ2v) is 6.96. The lowest BCUT2D eigenvalue weighted by Crippen LogP contribution is -2.37. The number of nitrogen functional groups attached to an aromatic ring is 1. The van der Waals surface area contributed by atoms with Crippen molar-refractivity contribution in [3.63, 3.8) is 0 Å². The molecule has 2 aliphatic rings. The smallest absolute Gasteiger partial charge is 0.162 e. The number of anilines is 1. The lowest BCUT2D eigenvalue weighted by molar-refractivity contribution is -0.0881. The first-order valence-corrected chi connectivity index (χ1v) is 8.67. The van der Waals surface area contributed by atoms with Crippen molar-refractivity contribution in [3.05, 3.63) is 17.1 Å². The number of fused-ring (bicyclic) bond motifs is 1. The zero-order valence-corrected chi connectivity index (χ0v) is 13.1. The van der Waals surface area contributed by atoms with Crippen LogP contribution in [0, 0.1) is 5.92 Å². The van der Waals surface area contributed by atoms with E-state index < -0.39 is 0 Å². The summed E-state index contributed by atoms with van der Waals surface area (Å²) in [6.07, 6.45) is 4.46. The average molecular weight is 293 g/mol. The Balaban J connectivity index is 2.01. The van der Waals surface area contributed by atoms with Crippen LogP contribution in [0.3, 0.4) is 0 Å². The highest BCUT2D eigenvalue weighted by Crippen LogP contribution is 2.43. The van der Waals surface area contributed by atoms with Crippen LogP contribution in [0.1, 0.15) is 56.6 Å². The first-order valence-electron chi connectivity index (χ1n) is 7.52. The fourth-order valence-electron chi connectivity index (χ4n) is 3.46. The molecule has 20 heavy (non-hydrogen) atoms. The third-order valence-corrected chi connectivity index (χ3v) is 5.36. The number of nitrogens with two attached hydrogens (primary N) is 1. The molecule has 2 heterocycles. The number of ether oxygens (including phenoxy) is 1. The highest BCUT2D eigenvalue weighted by atomic mass is 32.2. The van der Waals surface area contributed by atoms with Gasteiger partial charge in [-0.3, -0.25) is 0 Å². The van der Waals surface area contributed by atoms with Crippen molar-refractivity contribution in [3.8, 4) is 0 Å². The van der Waals surface area contributed by atoms with Crippen LogP contribution in [-0.2, 0) is 21.8 Å². The van der Waals surface area contributed by atoms with Gasteiger partial charge in [-0.05, 0) is 32.1 Å². The monoisotopic (exact) mass is 293 g/mol. The maximum Gasteiger partial charge on any atom is 0.162 e. The van der Waals surface area contributed by atoms with E-state index in [1.54, 1.807) is 0 Å². The Bertz CT molecular complexity index is 504. The Kier molecular flexibility index (Phi) is 3.91. The van der Waals surface area contributed by atoms with Crippen LogP contribution in [0.25, 0.3) is 0 Å². The Morgan fingerprint density at radius 2 is 2.25 bits per heavy atom. The minimum absolute atomic E-state index is 0.317. The Labute approximate surface area is 124 Å². The van der Waals surface area contributed by atoms with Gasteiger partial charge in [0.25, 0.3) is 0 Å². The standard InChI is InChI=1S/C15H23N3OS/c1-3-19-15(6-4-5-10(2)7-15)14-17-12-9-20-8-11(12)13(16)18-14/h10H,3-9H2,1-2H3,(H2,16,17,18). The number of hydrogen-bond acceptors (Lipinski definition) is 5. The van der Waals surface area contributed by atoms with Crippen molar-refractivity contribution in [2.45, 2.75) is 56.6 Å². The molecule has 2 unspecified atom stereocenters. The van der Waals surface area contributed by atoms with Gasteiger partial charge in [0, 0.05) is 23.7 Å². The highest BCUT2D eigenvalue weighted by molar-refractivity contribution is 7.98. The SMILES string of the molecule is CCOC1(c2nc(N)c3c(n2)CSC3)CCCC(C)C1. The molecule has 0 saturated heterocycles. The molecule has 110 valence electrons. The molecule has 2 N–H and O–H groups in total. The van der Waals surface area contributed by atoms with Gasteiger partial charge in [0.1, 0.15) is 11.4 Å². The van der Waals surface area contributed by atoms with E-state index in [0.717, 1.165) is 41.4 Å². The van der Waals surface area contributed by atoms with Crippen molar-refractivity contribution < 1.29 is 4.74 Å². The molecule has 5 heteroatoms. The van der Waals surface area contributed by atoms with Gasteiger partial charge >= 0.3 is 0 Å². The molecule has 0 bridgehead atoms. The lowest BCUT2D eigenvalue weighted by Gasteiger charge is -2.38. The summed E-state index contributed by atoms with van der Waals surface area (Å²) in [5.41, 5.74) is 8.09. The normalized spacial score (nSPS) is 29.4. The summed E-state index contributed by atoms with van der Waals surface area (Å²) in [5, 5.41) is 0. The van der Waals surface area contributed by atoms with E-state index in [0.29, 0.717) is 18.3 Å². The number of thioether (sulfide) groups is 1. The van der Waals surface area contributed by atoms with Crippen LogP contribution in [-0.4, -0.2) is 16.6 Å². The van der Waals surface area contributed by atoms with Crippen LogP contribution >= 0.6 is 11.8 Å². The summed E-state index contributed by atoms with van der Waals surface area (Å²) >= 11 is 1.86. The predicted molar refractivity (Wildman–Crippen MR) is 82.4 cm³/mol. The molecule has 1 aromatic heterocycles. The van der Waals surface area contributed by atoms with E-state index in [2.05, 4.69) is 11.9 Å². The maximum absolute atomic E-state index is 6.15. The summed E-state index contributed by atoms with van der Waals surface area (Å²) in [4.78, 5) is 9.45. The number of aromatic nitrogens is 2. The minimum atomic E-state index is -0.317. The van der Waals surface area contributed by atoms with E-state index in [4.69, 9.17) is 15.5 Å². The Hall–Kier alpha value is -0.810. The van der Waals surface area contributed by atoms with Gasteiger partial charge in [0.05, 0.1) is 5.69 Å². The molecule has 0 radical (unpaired) electrons. The molecule has 1 aromatic rings. The molecule has 1 saturated carbocycles. The van der Waals surface area contributed by atoms with Crippen LogP contribution in [0.2, 0.25) is 0 Å². The summed E-state index contributed by atoms with van der Waals surface area (Å²) in [6.45, 7) is 5.04. The van der Waals surface area contributed by atoms with Gasteiger partial charge in [-0.25, -0.2) is 9.97 Å². The Morgan fingerprint density at radius 1 is 1.40 bits per heavy atom.